The van der Waals surface area contributed by atoms with Gasteiger partial charge in [-0.05, 0) is 12.1 Å². The highest BCUT2D eigenvalue weighted by atomic mass is 32.1. The molecule has 0 bridgehead atoms. The monoisotopic (exact) mass is 318 g/mol. The topological polar surface area (TPSA) is 66.6 Å². The van der Waals surface area contributed by atoms with Gasteiger partial charge in [0.15, 0.2) is 0 Å². The van der Waals surface area contributed by atoms with Crippen LogP contribution in [0.15, 0.2) is 18.2 Å². The van der Waals surface area contributed by atoms with Gasteiger partial charge in [-0.25, -0.2) is 13.2 Å². The summed E-state index contributed by atoms with van der Waals surface area (Å²) in [5, 5.41) is 8.99. The molecule has 0 aliphatic carbocycles. The van der Waals surface area contributed by atoms with E-state index in [0.717, 1.165) is 16.2 Å². The molecular weight excluding hydrogens is 305 g/mol. The van der Waals surface area contributed by atoms with E-state index in [0.29, 0.717) is 4.70 Å². The number of thiophene rings is 1. The van der Waals surface area contributed by atoms with Crippen LogP contribution in [-0.2, 0) is 0 Å². The fourth-order valence-corrected chi connectivity index (χ4v) is 3.10. The van der Waals surface area contributed by atoms with Crippen LogP contribution in [0.3, 0.4) is 0 Å². The first-order valence-electron chi connectivity index (χ1n) is 6.10. The molecule has 1 aromatic heterocycles. The second kappa shape index (κ2) is 6.31. The second-order valence-corrected chi connectivity index (χ2v) is 5.38. The number of benzene rings is 1. The standard InChI is InChI=1S/C13H13F3N2O2S/c14-7-2-1-3-8-10(7)11(17)12(21-8)13(20)18(4-5-19)6-9(15)16/h1-3,9,19H,4-6,17H2. The van der Waals surface area contributed by atoms with E-state index in [1.54, 1.807) is 6.07 Å². The van der Waals surface area contributed by atoms with Crippen molar-refractivity contribution in [3.63, 3.8) is 0 Å². The van der Waals surface area contributed by atoms with Crippen molar-refractivity contribution < 1.29 is 23.1 Å². The van der Waals surface area contributed by atoms with Gasteiger partial charge in [-0.15, -0.1) is 11.3 Å². The maximum atomic E-state index is 13.7. The highest BCUT2D eigenvalue weighted by molar-refractivity contribution is 7.21. The van der Waals surface area contributed by atoms with Crippen molar-refractivity contribution in [1.82, 2.24) is 4.90 Å². The number of halogens is 3. The van der Waals surface area contributed by atoms with Crippen LogP contribution >= 0.6 is 11.3 Å². The molecule has 0 spiro atoms. The summed E-state index contributed by atoms with van der Waals surface area (Å²) in [4.78, 5) is 13.1. The first-order chi connectivity index (χ1) is 9.95. The second-order valence-electron chi connectivity index (χ2n) is 4.32. The third-order valence-electron chi connectivity index (χ3n) is 2.91. The normalized spacial score (nSPS) is 11.3. The molecule has 21 heavy (non-hydrogen) atoms. The van der Waals surface area contributed by atoms with Crippen LogP contribution in [0, 0.1) is 5.82 Å². The number of amides is 1. The lowest BCUT2D eigenvalue weighted by Crippen LogP contribution is -2.37. The summed E-state index contributed by atoms with van der Waals surface area (Å²) in [7, 11) is 0. The van der Waals surface area contributed by atoms with Crippen LogP contribution in [-0.4, -0.2) is 42.0 Å². The number of carbonyl (C=O) groups is 1. The molecule has 0 saturated carbocycles. The van der Waals surface area contributed by atoms with Crippen molar-refractivity contribution in [2.75, 3.05) is 25.4 Å². The minimum Gasteiger partial charge on any atom is -0.397 e. The fourth-order valence-electron chi connectivity index (χ4n) is 1.99. The van der Waals surface area contributed by atoms with E-state index < -0.39 is 31.3 Å². The molecule has 2 aromatic rings. The molecule has 0 atom stereocenters. The van der Waals surface area contributed by atoms with Crippen LogP contribution in [0.1, 0.15) is 9.67 Å². The molecule has 114 valence electrons. The first kappa shape index (κ1) is 15.6. The Kier molecular flexibility index (Phi) is 4.69. The first-order valence-corrected chi connectivity index (χ1v) is 6.92. The van der Waals surface area contributed by atoms with Crippen molar-refractivity contribution in [3.05, 3.63) is 28.9 Å². The number of nitrogens with two attached hydrogens (primary N) is 1. The molecule has 0 unspecified atom stereocenters. The Morgan fingerprint density at radius 1 is 1.43 bits per heavy atom. The lowest BCUT2D eigenvalue weighted by atomic mass is 10.2. The van der Waals surface area contributed by atoms with Crippen LogP contribution in [0.25, 0.3) is 10.1 Å². The lowest BCUT2D eigenvalue weighted by molar-refractivity contribution is 0.0514. The van der Waals surface area contributed by atoms with Gasteiger partial charge in [0.25, 0.3) is 12.3 Å². The summed E-state index contributed by atoms with van der Waals surface area (Å²) in [5.74, 6) is -1.30. The number of nitrogens with zero attached hydrogens (tertiary/aromatic N) is 1. The quantitative estimate of drug-likeness (QED) is 0.889. The minimum atomic E-state index is -2.73. The van der Waals surface area contributed by atoms with Crippen LogP contribution in [0.5, 0.6) is 0 Å². The van der Waals surface area contributed by atoms with Crippen molar-refractivity contribution in [2.24, 2.45) is 0 Å². The number of nitrogen functional groups attached to an aromatic ring is 1. The molecule has 4 nitrogen and oxygen atoms in total. The summed E-state index contributed by atoms with van der Waals surface area (Å²) in [6.07, 6.45) is -2.73. The van der Waals surface area contributed by atoms with Gasteiger partial charge in [-0.1, -0.05) is 6.07 Å². The van der Waals surface area contributed by atoms with Crippen LogP contribution in [0.4, 0.5) is 18.9 Å². The summed E-state index contributed by atoms with van der Waals surface area (Å²) < 4.78 is 39.2. The van der Waals surface area contributed by atoms with Gasteiger partial charge < -0.3 is 15.7 Å². The SMILES string of the molecule is Nc1c(C(=O)N(CCO)CC(F)F)sc2cccc(F)c12. The van der Waals surface area contributed by atoms with E-state index in [-0.39, 0.29) is 22.5 Å². The number of hydrogen-bond acceptors (Lipinski definition) is 4. The minimum absolute atomic E-state index is 0.00389. The lowest BCUT2D eigenvalue weighted by Gasteiger charge is -2.20. The van der Waals surface area contributed by atoms with Crippen molar-refractivity contribution in [3.8, 4) is 0 Å². The Morgan fingerprint density at radius 2 is 2.14 bits per heavy atom. The van der Waals surface area contributed by atoms with Gasteiger partial charge in [0.05, 0.1) is 24.2 Å². The van der Waals surface area contributed by atoms with E-state index in [9.17, 15) is 18.0 Å². The summed E-state index contributed by atoms with van der Waals surface area (Å²) in [5.41, 5.74) is 5.72. The third kappa shape index (κ3) is 3.11. The zero-order valence-corrected chi connectivity index (χ0v) is 11.7. The molecular formula is C13H13F3N2O2S. The summed E-state index contributed by atoms with van der Waals surface area (Å²) in [6.45, 7) is -1.49. The Bertz CT molecular complexity index is 660. The number of carbonyl (C=O) groups excluding carboxylic acids is 1. The van der Waals surface area contributed by atoms with Gasteiger partial charge in [-0.2, -0.15) is 0 Å². The molecule has 0 aliphatic heterocycles. The number of fused-ring (bicyclic) bond motifs is 1. The highest BCUT2D eigenvalue weighted by Gasteiger charge is 2.25. The van der Waals surface area contributed by atoms with Crippen LogP contribution < -0.4 is 5.73 Å². The number of rotatable bonds is 5. The number of aliphatic hydroxyl groups is 1. The summed E-state index contributed by atoms with van der Waals surface area (Å²) in [6, 6.07) is 4.29. The van der Waals surface area contributed by atoms with E-state index in [1.165, 1.54) is 12.1 Å². The predicted octanol–water partition coefficient (Wildman–Crippen LogP) is 2.32. The molecule has 0 saturated heterocycles. The van der Waals surface area contributed by atoms with Crippen molar-refractivity contribution >= 4 is 33.0 Å². The predicted molar refractivity (Wildman–Crippen MR) is 75.2 cm³/mol. The molecule has 0 radical (unpaired) electrons. The van der Waals surface area contributed by atoms with Crippen molar-refractivity contribution in [2.45, 2.75) is 6.43 Å². The molecule has 1 aromatic carbocycles. The number of hydrogen-bond donors (Lipinski definition) is 2. The van der Waals surface area contributed by atoms with Crippen LogP contribution in [0.2, 0.25) is 0 Å². The average molecular weight is 318 g/mol. The number of aliphatic hydroxyl groups excluding tert-OH is 1. The maximum absolute atomic E-state index is 13.7. The Labute approximate surface area is 122 Å². The molecule has 8 heteroatoms. The van der Waals surface area contributed by atoms with Gasteiger partial charge in [0, 0.05) is 11.2 Å². The molecule has 0 fully saturated rings. The molecule has 2 rings (SSSR count). The Morgan fingerprint density at radius 3 is 2.71 bits per heavy atom. The van der Waals surface area contributed by atoms with Gasteiger partial charge in [0.1, 0.15) is 10.7 Å². The van der Waals surface area contributed by atoms with E-state index in [4.69, 9.17) is 10.8 Å². The van der Waals surface area contributed by atoms with E-state index >= 15 is 0 Å². The number of anilines is 1. The molecule has 1 heterocycles. The van der Waals surface area contributed by atoms with E-state index in [2.05, 4.69) is 0 Å². The van der Waals surface area contributed by atoms with E-state index in [1.807, 2.05) is 0 Å². The average Bonchev–Trinajstić information content (AvgIpc) is 2.76. The van der Waals surface area contributed by atoms with Gasteiger partial charge >= 0.3 is 0 Å². The fraction of sp³-hybridized carbons (Fsp3) is 0.308. The molecule has 0 aliphatic rings. The Hall–Kier alpha value is -1.80. The molecule has 3 N–H and O–H groups in total. The summed E-state index contributed by atoms with van der Waals surface area (Å²) >= 11 is 0.945. The third-order valence-corrected chi connectivity index (χ3v) is 4.07. The maximum Gasteiger partial charge on any atom is 0.266 e. The van der Waals surface area contributed by atoms with Gasteiger partial charge in [0.2, 0.25) is 0 Å². The zero-order valence-electron chi connectivity index (χ0n) is 10.9. The molecule has 1 amide bonds. The zero-order chi connectivity index (χ0) is 15.6. The van der Waals surface area contributed by atoms with Gasteiger partial charge in [-0.3, -0.25) is 4.79 Å². The smallest absolute Gasteiger partial charge is 0.266 e. The van der Waals surface area contributed by atoms with Crippen molar-refractivity contribution in [1.29, 1.82) is 0 Å². The largest absolute Gasteiger partial charge is 0.397 e. The number of alkyl halides is 2. The Balaban J connectivity index is 2.42. The highest BCUT2D eigenvalue weighted by Crippen LogP contribution is 2.36.